The van der Waals surface area contributed by atoms with Crippen LogP contribution in [0.1, 0.15) is 24.5 Å². The van der Waals surface area contributed by atoms with Crippen molar-refractivity contribution in [2.24, 2.45) is 0 Å². The molecule has 0 radical (unpaired) electrons. The summed E-state index contributed by atoms with van der Waals surface area (Å²) in [6.07, 6.45) is 0.871. The maximum absolute atomic E-state index is 8.94. The number of nitrogens with two attached hydrogens (primary N) is 1. The maximum atomic E-state index is 8.94. The summed E-state index contributed by atoms with van der Waals surface area (Å²) in [4.78, 5) is 4.25. The van der Waals surface area contributed by atoms with Gasteiger partial charge in [0.2, 0.25) is 11.8 Å². The standard InChI is InChI=1S/C16H17N3O2/c1-3-8-20-16-13(18)6-7-15(19-16)21-14-9-12(10-17)5-4-11(14)2/h4-7,9H,3,8,18H2,1-2H3. The summed E-state index contributed by atoms with van der Waals surface area (Å²) >= 11 is 0. The van der Waals surface area contributed by atoms with Gasteiger partial charge in [-0.3, -0.25) is 0 Å². The Hall–Kier alpha value is -2.74. The van der Waals surface area contributed by atoms with E-state index in [-0.39, 0.29) is 0 Å². The molecule has 108 valence electrons. The van der Waals surface area contributed by atoms with E-state index in [0.717, 1.165) is 12.0 Å². The Kier molecular flexibility index (Phi) is 4.62. The number of hydrogen-bond donors (Lipinski definition) is 1. The maximum Gasteiger partial charge on any atom is 0.240 e. The van der Waals surface area contributed by atoms with Crippen molar-refractivity contribution in [1.82, 2.24) is 4.98 Å². The number of benzene rings is 1. The Morgan fingerprint density at radius 1 is 1.29 bits per heavy atom. The third-order valence-corrected chi connectivity index (χ3v) is 2.84. The van der Waals surface area contributed by atoms with Gasteiger partial charge in [-0.25, -0.2) is 0 Å². The van der Waals surface area contributed by atoms with Crippen LogP contribution in [0.2, 0.25) is 0 Å². The average Bonchev–Trinajstić information content (AvgIpc) is 2.50. The molecule has 0 saturated carbocycles. The number of nitrogens with zero attached hydrogens (tertiary/aromatic N) is 2. The number of rotatable bonds is 5. The number of ether oxygens (including phenoxy) is 2. The topological polar surface area (TPSA) is 81.2 Å². The summed E-state index contributed by atoms with van der Waals surface area (Å²) < 4.78 is 11.2. The van der Waals surface area contributed by atoms with E-state index in [1.165, 1.54) is 0 Å². The molecule has 0 aliphatic heterocycles. The Morgan fingerprint density at radius 3 is 2.81 bits per heavy atom. The van der Waals surface area contributed by atoms with Gasteiger partial charge >= 0.3 is 0 Å². The monoisotopic (exact) mass is 283 g/mol. The van der Waals surface area contributed by atoms with Crippen LogP contribution in [0.4, 0.5) is 5.69 Å². The molecule has 2 N–H and O–H groups in total. The van der Waals surface area contributed by atoms with Gasteiger partial charge in [0.05, 0.1) is 23.9 Å². The van der Waals surface area contributed by atoms with Gasteiger partial charge in [-0.15, -0.1) is 0 Å². The van der Waals surface area contributed by atoms with E-state index in [1.807, 2.05) is 19.9 Å². The number of nitrogen functional groups attached to an aromatic ring is 1. The highest BCUT2D eigenvalue weighted by Crippen LogP contribution is 2.28. The third kappa shape index (κ3) is 3.63. The number of aryl methyl sites for hydroxylation is 1. The molecule has 1 heterocycles. The van der Waals surface area contributed by atoms with E-state index < -0.39 is 0 Å². The first-order chi connectivity index (χ1) is 10.1. The van der Waals surface area contributed by atoms with Crippen molar-refractivity contribution in [3.63, 3.8) is 0 Å². The molecule has 0 atom stereocenters. The van der Waals surface area contributed by atoms with Crippen LogP contribution < -0.4 is 15.2 Å². The summed E-state index contributed by atoms with van der Waals surface area (Å²) in [7, 11) is 0. The second-order valence-electron chi connectivity index (χ2n) is 4.59. The fourth-order valence-corrected chi connectivity index (χ4v) is 1.70. The van der Waals surface area contributed by atoms with Gasteiger partial charge in [0.15, 0.2) is 0 Å². The van der Waals surface area contributed by atoms with Gasteiger partial charge in [0.25, 0.3) is 0 Å². The van der Waals surface area contributed by atoms with E-state index in [9.17, 15) is 0 Å². The van der Waals surface area contributed by atoms with Crippen LogP contribution in [0.5, 0.6) is 17.5 Å². The minimum absolute atomic E-state index is 0.364. The number of anilines is 1. The minimum atomic E-state index is 0.364. The lowest BCUT2D eigenvalue weighted by atomic mass is 10.1. The molecule has 0 unspecified atom stereocenters. The lowest BCUT2D eigenvalue weighted by Gasteiger charge is -2.11. The first kappa shape index (κ1) is 14.7. The fraction of sp³-hybridized carbons (Fsp3) is 0.250. The van der Waals surface area contributed by atoms with Gasteiger partial charge in [-0.05, 0) is 37.1 Å². The average molecular weight is 283 g/mol. The van der Waals surface area contributed by atoms with Crippen molar-refractivity contribution in [2.75, 3.05) is 12.3 Å². The molecule has 1 aromatic carbocycles. The lowest BCUT2D eigenvalue weighted by molar-refractivity contribution is 0.302. The largest absolute Gasteiger partial charge is 0.476 e. The number of aromatic nitrogens is 1. The Labute approximate surface area is 123 Å². The van der Waals surface area contributed by atoms with Crippen LogP contribution in [-0.4, -0.2) is 11.6 Å². The summed E-state index contributed by atoms with van der Waals surface area (Å²) in [6, 6.07) is 10.7. The van der Waals surface area contributed by atoms with Crippen molar-refractivity contribution < 1.29 is 9.47 Å². The van der Waals surface area contributed by atoms with Crippen LogP contribution in [0.25, 0.3) is 0 Å². The summed E-state index contributed by atoms with van der Waals surface area (Å²) in [5, 5.41) is 8.94. The van der Waals surface area contributed by atoms with Gasteiger partial charge < -0.3 is 15.2 Å². The van der Waals surface area contributed by atoms with E-state index in [2.05, 4.69) is 11.1 Å². The highest BCUT2D eigenvalue weighted by Gasteiger charge is 2.08. The van der Waals surface area contributed by atoms with Crippen molar-refractivity contribution in [3.8, 4) is 23.6 Å². The molecule has 2 rings (SSSR count). The number of nitriles is 1. The van der Waals surface area contributed by atoms with Crippen LogP contribution in [-0.2, 0) is 0 Å². The zero-order valence-electron chi connectivity index (χ0n) is 12.1. The lowest BCUT2D eigenvalue weighted by Crippen LogP contribution is -2.02. The number of hydrogen-bond acceptors (Lipinski definition) is 5. The van der Waals surface area contributed by atoms with Crippen LogP contribution >= 0.6 is 0 Å². The second-order valence-corrected chi connectivity index (χ2v) is 4.59. The molecule has 0 bridgehead atoms. The zero-order valence-corrected chi connectivity index (χ0v) is 12.1. The molecule has 1 aromatic heterocycles. The molecular formula is C16H17N3O2. The normalized spacial score (nSPS) is 9.95. The highest BCUT2D eigenvalue weighted by atomic mass is 16.5. The van der Waals surface area contributed by atoms with Crippen LogP contribution in [0.3, 0.4) is 0 Å². The molecule has 0 amide bonds. The predicted octanol–water partition coefficient (Wildman–Crippen LogP) is 3.43. The summed E-state index contributed by atoms with van der Waals surface area (Å²) in [5.74, 6) is 1.34. The number of pyridine rings is 1. The second kappa shape index (κ2) is 6.62. The molecule has 2 aromatic rings. The Bertz CT molecular complexity index is 678. The van der Waals surface area contributed by atoms with E-state index in [4.69, 9.17) is 20.5 Å². The molecule has 0 saturated heterocycles. The van der Waals surface area contributed by atoms with Crippen LogP contribution in [0, 0.1) is 18.3 Å². The molecule has 0 spiro atoms. The van der Waals surface area contributed by atoms with E-state index in [0.29, 0.717) is 35.4 Å². The first-order valence-corrected chi connectivity index (χ1v) is 6.72. The molecule has 21 heavy (non-hydrogen) atoms. The molecule has 5 nitrogen and oxygen atoms in total. The summed E-state index contributed by atoms with van der Waals surface area (Å²) in [6.45, 7) is 4.46. The van der Waals surface area contributed by atoms with Crippen molar-refractivity contribution in [3.05, 3.63) is 41.5 Å². The minimum Gasteiger partial charge on any atom is -0.476 e. The van der Waals surface area contributed by atoms with E-state index in [1.54, 1.807) is 24.3 Å². The van der Waals surface area contributed by atoms with Gasteiger partial charge in [-0.1, -0.05) is 13.0 Å². The van der Waals surface area contributed by atoms with E-state index >= 15 is 0 Å². The Balaban J connectivity index is 2.25. The fourth-order valence-electron chi connectivity index (χ4n) is 1.70. The highest BCUT2D eigenvalue weighted by molar-refractivity contribution is 5.50. The van der Waals surface area contributed by atoms with Crippen molar-refractivity contribution in [1.29, 1.82) is 5.26 Å². The Morgan fingerprint density at radius 2 is 2.10 bits per heavy atom. The molecule has 0 aliphatic carbocycles. The SMILES string of the molecule is CCCOc1nc(Oc2cc(C#N)ccc2C)ccc1N. The van der Waals surface area contributed by atoms with Crippen molar-refractivity contribution in [2.45, 2.75) is 20.3 Å². The van der Waals surface area contributed by atoms with Gasteiger partial charge in [0.1, 0.15) is 5.75 Å². The molecular weight excluding hydrogens is 266 g/mol. The summed E-state index contributed by atoms with van der Waals surface area (Å²) in [5.41, 5.74) is 7.74. The molecule has 5 heteroatoms. The van der Waals surface area contributed by atoms with Gasteiger partial charge in [-0.2, -0.15) is 10.2 Å². The smallest absolute Gasteiger partial charge is 0.240 e. The van der Waals surface area contributed by atoms with Crippen LogP contribution in [0.15, 0.2) is 30.3 Å². The third-order valence-electron chi connectivity index (χ3n) is 2.84. The zero-order chi connectivity index (χ0) is 15.2. The quantitative estimate of drug-likeness (QED) is 0.909. The molecule has 0 fully saturated rings. The van der Waals surface area contributed by atoms with Crippen molar-refractivity contribution >= 4 is 5.69 Å². The van der Waals surface area contributed by atoms with Gasteiger partial charge in [0, 0.05) is 6.07 Å². The molecule has 0 aliphatic rings. The first-order valence-electron chi connectivity index (χ1n) is 6.72. The predicted molar refractivity (Wildman–Crippen MR) is 80.4 cm³/mol.